The highest BCUT2D eigenvalue weighted by atomic mass is 32.1. The Hall–Kier alpha value is -2.47. The van der Waals surface area contributed by atoms with Gasteiger partial charge in [-0.3, -0.25) is 9.89 Å². The number of halogens is 1. The van der Waals surface area contributed by atoms with Crippen molar-refractivity contribution in [3.8, 4) is 10.6 Å². The average molecular weight is 341 g/mol. The van der Waals surface area contributed by atoms with Gasteiger partial charge in [0, 0.05) is 16.9 Å². The van der Waals surface area contributed by atoms with Crippen molar-refractivity contribution in [1.82, 2.24) is 10.2 Å². The molecule has 4 rings (SSSR count). The molecular formula is C18H16FN3OS. The lowest BCUT2D eigenvalue weighted by Crippen LogP contribution is -2.14. The molecule has 122 valence electrons. The fourth-order valence-electron chi connectivity index (χ4n) is 2.87. The fraction of sp³-hybridized carbons (Fsp3) is 0.222. The second kappa shape index (κ2) is 5.87. The molecule has 2 heterocycles. The summed E-state index contributed by atoms with van der Waals surface area (Å²) in [7, 11) is 0. The van der Waals surface area contributed by atoms with Crippen molar-refractivity contribution in [3.63, 3.8) is 0 Å². The number of carbonyl (C=O) groups excluding carboxylic acids is 1. The van der Waals surface area contributed by atoms with E-state index < -0.39 is 0 Å². The first kappa shape index (κ1) is 15.1. The van der Waals surface area contributed by atoms with Gasteiger partial charge < -0.3 is 5.32 Å². The van der Waals surface area contributed by atoms with Gasteiger partial charge in [-0.25, -0.2) is 4.39 Å². The number of hydrogen-bond acceptors (Lipinski definition) is 3. The fourth-order valence-corrected chi connectivity index (χ4v) is 3.71. The number of nitrogens with zero attached hydrogens (tertiary/aromatic N) is 1. The number of rotatable bonds is 4. The number of H-pyrrole nitrogens is 1. The molecule has 2 aromatic heterocycles. The minimum absolute atomic E-state index is 0.0373. The highest BCUT2D eigenvalue weighted by Gasteiger charge is 2.44. The number of nitrogens with one attached hydrogen (secondary N) is 2. The molecule has 0 bridgehead atoms. The number of aryl methyl sites for hydroxylation is 1. The van der Waals surface area contributed by atoms with E-state index in [-0.39, 0.29) is 23.6 Å². The molecule has 2 atom stereocenters. The molecule has 2 unspecified atom stereocenters. The van der Waals surface area contributed by atoms with Crippen molar-refractivity contribution >= 4 is 23.1 Å². The molecule has 1 saturated carbocycles. The van der Waals surface area contributed by atoms with Crippen LogP contribution in [-0.2, 0) is 4.79 Å². The Bertz CT molecular complexity index is 884. The Morgan fingerprint density at radius 3 is 2.79 bits per heavy atom. The molecule has 6 heteroatoms. The summed E-state index contributed by atoms with van der Waals surface area (Å²) in [6, 6.07) is 12.3. The SMILES string of the molecule is Cc1ccc(-c2cc(NC(=O)C3CC3c3ccc(F)cc3)n[nH]2)s1. The number of carbonyl (C=O) groups is 1. The molecule has 0 spiro atoms. The van der Waals surface area contributed by atoms with Crippen LogP contribution in [-0.4, -0.2) is 16.1 Å². The highest BCUT2D eigenvalue weighted by Crippen LogP contribution is 2.48. The third-order valence-electron chi connectivity index (χ3n) is 4.26. The van der Waals surface area contributed by atoms with Gasteiger partial charge in [0.1, 0.15) is 5.82 Å². The topological polar surface area (TPSA) is 57.8 Å². The minimum atomic E-state index is -0.256. The Morgan fingerprint density at radius 1 is 1.29 bits per heavy atom. The first-order valence-corrected chi connectivity index (χ1v) is 8.60. The number of thiophene rings is 1. The summed E-state index contributed by atoms with van der Waals surface area (Å²) < 4.78 is 13.0. The monoisotopic (exact) mass is 341 g/mol. The van der Waals surface area contributed by atoms with E-state index in [1.807, 2.05) is 12.1 Å². The molecular weight excluding hydrogens is 325 g/mol. The molecule has 3 aromatic rings. The van der Waals surface area contributed by atoms with Crippen LogP contribution in [0.3, 0.4) is 0 Å². The van der Waals surface area contributed by atoms with E-state index in [9.17, 15) is 9.18 Å². The maximum Gasteiger partial charge on any atom is 0.229 e. The van der Waals surface area contributed by atoms with Crippen LogP contribution in [0.15, 0.2) is 42.5 Å². The molecule has 4 nitrogen and oxygen atoms in total. The molecule has 1 aromatic carbocycles. The smallest absolute Gasteiger partial charge is 0.229 e. The van der Waals surface area contributed by atoms with Gasteiger partial charge in [-0.05, 0) is 49.1 Å². The summed E-state index contributed by atoms with van der Waals surface area (Å²) >= 11 is 1.68. The van der Waals surface area contributed by atoms with E-state index in [4.69, 9.17) is 0 Å². The van der Waals surface area contributed by atoms with E-state index in [1.54, 1.807) is 23.5 Å². The van der Waals surface area contributed by atoms with Gasteiger partial charge in [0.25, 0.3) is 0 Å². The lowest BCUT2D eigenvalue weighted by molar-refractivity contribution is -0.117. The Labute approximate surface area is 142 Å². The van der Waals surface area contributed by atoms with Crippen molar-refractivity contribution in [2.45, 2.75) is 19.3 Å². The highest BCUT2D eigenvalue weighted by molar-refractivity contribution is 7.15. The lowest BCUT2D eigenvalue weighted by Gasteiger charge is -2.01. The zero-order valence-electron chi connectivity index (χ0n) is 13.0. The molecule has 0 radical (unpaired) electrons. The van der Waals surface area contributed by atoms with Crippen LogP contribution >= 0.6 is 11.3 Å². The summed E-state index contributed by atoms with van der Waals surface area (Å²) in [5, 5.41) is 9.98. The van der Waals surface area contributed by atoms with Crippen LogP contribution in [0.2, 0.25) is 0 Å². The van der Waals surface area contributed by atoms with Gasteiger partial charge in [-0.1, -0.05) is 12.1 Å². The van der Waals surface area contributed by atoms with E-state index in [1.165, 1.54) is 17.0 Å². The summed E-state index contributed by atoms with van der Waals surface area (Å²) in [5.41, 5.74) is 1.91. The number of benzene rings is 1. The minimum Gasteiger partial charge on any atom is -0.309 e. The molecule has 0 aliphatic heterocycles. The van der Waals surface area contributed by atoms with Gasteiger partial charge in [-0.2, -0.15) is 5.10 Å². The van der Waals surface area contributed by atoms with Crippen molar-refractivity contribution in [2.75, 3.05) is 5.32 Å². The molecule has 1 fully saturated rings. The van der Waals surface area contributed by atoms with E-state index in [0.29, 0.717) is 5.82 Å². The summed E-state index contributed by atoms with van der Waals surface area (Å²) in [6.07, 6.45) is 0.791. The number of anilines is 1. The predicted octanol–water partition coefficient (Wildman–Crippen LogP) is 4.33. The quantitative estimate of drug-likeness (QED) is 0.742. The molecule has 0 saturated heterocycles. The van der Waals surface area contributed by atoms with Gasteiger partial charge in [0.05, 0.1) is 10.6 Å². The number of hydrogen-bond donors (Lipinski definition) is 2. The molecule has 1 aliphatic rings. The third kappa shape index (κ3) is 2.97. The van der Waals surface area contributed by atoms with Gasteiger partial charge in [-0.15, -0.1) is 11.3 Å². The predicted molar refractivity (Wildman–Crippen MR) is 92.5 cm³/mol. The number of aromatic amines is 1. The lowest BCUT2D eigenvalue weighted by atomic mass is 10.1. The second-order valence-corrected chi connectivity index (χ2v) is 7.35. The Morgan fingerprint density at radius 2 is 2.08 bits per heavy atom. The third-order valence-corrected chi connectivity index (χ3v) is 5.29. The van der Waals surface area contributed by atoms with Gasteiger partial charge in [0.2, 0.25) is 5.91 Å². The van der Waals surface area contributed by atoms with Crippen LogP contribution < -0.4 is 5.32 Å². The standard InChI is InChI=1S/C18H16FN3OS/c1-10-2-7-16(24-10)15-9-17(22-21-15)20-18(23)14-8-13(14)11-3-5-12(19)6-4-11/h2-7,9,13-14H,8H2,1H3,(H2,20,21,22,23). The van der Waals surface area contributed by atoms with E-state index in [0.717, 1.165) is 22.6 Å². The zero-order valence-corrected chi connectivity index (χ0v) is 13.9. The maximum atomic E-state index is 13.0. The van der Waals surface area contributed by atoms with Gasteiger partial charge in [0.15, 0.2) is 5.82 Å². The molecule has 1 amide bonds. The van der Waals surface area contributed by atoms with Crippen LogP contribution in [0, 0.1) is 18.7 Å². The first-order valence-electron chi connectivity index (χ1n) is 7.79. The van der Waals surface area contributed by atoms with Crippen molar-refractivity contribution in [2.24, 2.45) is 5.92 Å². The van der Waals surface area contributed by atoms with Crippen LogP contribution in [0.5, 0.6) is 0 Å². The van der Waals surface area contributed by atoms with Crippen LogP contribution in [0.4, 0.5) is 10.2 Å². The second-order valence-electron chi connectivity index (χ2n) is 6.07. The zero-order chi connectivity index (χ0) is 16.7. The average Bonchev–Trinajstić information content (AvgIpc) is 3.03. The van der Waals surface area contributed by atoms with Crippen molar-refractivity contribution < 1.29 is 9.18 Å². The number of amides is 1. The Balaban J connectivity index is 1.40. The normalized spacial score (nSPS) is 19.2. The van der Waals surface area contributed by atoms with Crippen LogP contribution in [0.25, 0.3) is 10.6 Å². The number of aromatic nitrogens is 2. The molecule has 24 heavy (non-hydrogen) atoms. The summed E-state index contributed by atoms with van der Waals surface area (Å²) in [6.45, 7) is 2.05. The van der Waals surface area contributed by atoms with Crippen LogP contribution in [0.1, 0.15) is 22.8 Å². The molecule has 1 aliphatic carbocycles. The van der Waals surface area contributed by atoms with E-state index >= 15 is 0 Å². The Kier molecular flexibility index (Phi) is 3.69. The van der Waals surface area contributed by atoms with Crippen molar-refractivity contribution in [1.29, 1.82) is 0 Å². The summed E-state index contributed by atoms with van der Waals surface area (Å²) in [4.78, 5) is 14.7. The summed E-state index contributed by atoms with van der Waals surface area (Å²) in [5.74, 6) is 0.340. The van der Waals surface area contributed by atoms with E-state index in [2.05, 4.69) is 28.5 Å². The first-order chi connectivity index (χ1) is 11.6. The molecule has 2 N–H and O–H groups in total. The van der Waals surface area contributed by atoms with Crippen molar-refractivity contribution in [3.05, 3.63) is 58.7 Å². The van der Waals surface area contributed by atoms with Gasteiger partial charge >= 0.3 is 0 Å². The maximum absolute atomic E-state index is 13.0. The largest absolute Gasteiger partial charge is 0.309 e.